The zero-order chi connectivity index (χ0) is 15.1. The summed E-state index contributed by atoms with van der Waals surface area (Å²) in [6.45, 7) is 6.83. The summed E-state index contributed by atoms with van der Waals surface area (Å²) in [6.07, 6.45) is -1.11. The van der Waals surface area contributed by atoms with E-state index in [1.54, 1.807) is 27.7 Å². The fourth-order valence-electron chi connectivity index (χ4n) is 1.14. The molecule has 7 heteroatoms. The van der Waals surface area contributed by atoms with Gasteiger partial charge in [-0.3, -0.25) is 4.79 Å². The highest BCUT2D eigenvalue weighted by Crippen LogP contribution is 2.08. The number of nitrogens with one attached hydrogen (secondary N) is 1. The number of esters is 2. The molecule has 0 radical (unpaired) electrons. The van der Waals surface area contributed by atoms with Gasteiger partial charge in [0, 0.05) is 0 Å². The summed E-state index contributed by atoms with van der Waals surface area (Å²) >= 11 is 0. The molecule has 110 valence electrons. The highest BCUT2D eigenvalue weighted by molar-refractivity contribution is 5.86. The smallest absolute Gasteiger partial charge is 0.408 e. The minimum atomic E-state index is -1.12. The van der Waals surface area contributed by atoms with Gasteiger partial charge in [0.05, 0.1) is 20.1 Å². The third-order valence-electron chi connectivity index (χ3n) is 1.86. The number of amides is 1. The minimum absolute atomic E-state index is 0.145. The van der Waals surface area contributed by atoms with E-state index in [4.69, 9.17) is 9.47 Å². The first kappa shape index (κ1) is 17.2. The van der Waals surface area contributed by atoms with E-state index in [-0.39, 0.29) is 13.0 Å². The number of carbonyl (C=O) groups excluding carboxylic acids is 3. The van der Waals surface area contributed by atoms with Crippen LogP contribution in [0.1, 0.15) is 34.1 Å². The molecule has 0 aliphatic carbocycles. The Morgan fingerprint density at radius 2 is 1.79 bits per heavy atom. The lowest BCUT2D eigenvalue weighted by Gasteiger charge is -2.22. The second kappa shape index (κ2) is 7.60. The molecule has 0 saturated carbocycles. The maximum Gasteiger partial charge on any atom is 0.408 e. The van der Waals surface area contributed by atoms with E-state index in [2.05, 4.69) is 10.1 Å². The maximum absolute atomic E-state index is 11.6. The van der Waals surface area contributed by atoms with E-state index < -0.39 is 29.7 Å². The van der Waals surface area contributed by atoms with Crippen molar-refractivity contribution in [2.24, 2.45) is 0 Å². The molecular formula is C12H21NO6. The average molecular weight is 275 g/mol. The quantitative estimate of drug-likeness (QED) is 0.594. The Bertz CT molecular complexity index is 334. The Morgan fingerprint density at radius 1 is 1.21 bits per heavy atom. The summed E-state index contributed by atoms with van der Waals surface area (Å²) in [4.78, 5) is 34.3. The fourth-order valence-corrected chi connectivity index (χ4v) is 1.14. The molecule has 1 amide bonds. The molecule has 0 heterocycles. The van der Waals surface area contributed by atoms with Gasteiger partial charge in [-0.25, -0.2) is 9.59 Å². The lowest BCUT2D eigenvalue weighted by atomic mass is 10.2. The van der Waals surface area contributed by atoms with Gasteiger partial charge in [0.25, 0.3) is 0 Å². The molecule has 0 bridgehead atoms. The Morgan fingerprint density at radius 3 is 2.21 bits per heavy atom. The van der Waals surface area contributed by atoms with Gasteiger partial charge < -0.3 is 19.5 Å². The zero-order valence-corrected chi connectivity index (χ0v) is 11.9. The molecule has 0 aliphatic heterocycles. The van der Waals surface area contributed by atoms with Crippen LogP contribution < -0.4 is 5.32 Å². The van der Waals surface area contributed by atoms with Crippen molar-refractivity contribution >= 4 is 18.0 Å². The summed E-state index contributed by atoms with van der Waals surface area (Å²) in [5.74, 6) is -1.34. The van der Waals surface area contributed by atoms with Crippen molar-refractivity contribution in [2.45, 2.75) is 45.8 Å². The number of rotatable bonds is 5. The molecule has 0 fully saturated rings. The van der Waals surface area contributed by atoms with E-state index in [0.29, 0.717) is 0 Å². The first-order chi connectivity index (χ1) is 8.69. The van der Waals surface area contributed by atoms with Crippen LogP contribution in [0.25, 0.3) is 0 Å². The van der Waals surface area contributed by atoms with E-state index in [9.17, 15) is 14.4 Å². The highest BCUT2D eigenvalue weighted by Gasteiger charge is 2.27. The number of methoxy groups -OCH3 is 1. The van der Waals surface area contributed by atoms with E-state index in [1.165, 1.54) is 7.11 Å². The topological polar surface area (TPSA) is 90.9 Å². The highest BCUT2D eigenvalue weighted by atomic mass is 16.6. The van der Waals surface area contributed by atoms with Crippen LogP contribution in [0, 0.1) is 0 Å². The lowest BCUT2D eigenvalue weighted by Crippen LogP contribution is -2.45. The van der Waals surface area contributed by atoms with Crippen molar-refractivity contribution in [2.75, 3.05) is 13.7 Å². The Labute approximate surface area is 112 Å². The van der Waals surface area contributed by atoms with Gasteiger partial charge in [-0.05, 0) is 27.7 Å². The molecule has 1 atom stereocenters. The summed E-state index contributed by atoms with van der Waals surface area (Å²) in [5, 5.41) is 2.29. The second-order valence-electron chi connectivity index (χ2n) is 4.73. The summed E-state index contributed by atoms with van der Waals surface area (Å²) < 4.78 is 14.2. The van der Waals surface area contributed by atoms with Crippen LogP contribution in [0.4, 0.5) is 4.79 Å². The largest absolute Gasteiger partial charge is 0.469 e. The molecular weight excluding hydrogens is 254 g/mol. The van der Waals surface area contributed by atoms with Gasteiger partial charge in [-0.1, -0.05) is 0 Å². The van der Waals surface area contributed by atoms with Crippen molar-refractivity contribution in [1.82, 2.24) is 5.32 Å². The van der Waals surface area contributed by atoms with Crippen molar-refractivity contribution in [3.63, 3.8) is 0 Å². The fraction of sp³-hybridized carbons (Fsp3) is 0.750. The van der Waals surface area contributed by atoms with Crippen LogP contribution >= 0.6 is 0 Å². The third kappa shape index (κ3) is 8.01. The van der Waals surface area contributed by atoms with E-state index >= 15 is 0 Å². The van der Waals surface area contributed by atoms with Crippen LogP contribution in [0.5, 0.6) is 0 Å². The van der Waals surface area contributed by atoms with Crippen LogP contribution in [0.3, 0.4) is 0 Å². The normalized spacial score (nSPS) is 12.3. The van der Waals surface area contributed by atoms with Gasteiger partial charge in [-0.2, -0.15) is 0 Å². The first-order valence-electron chi connectivity index (χ1n) is 5.92. The molecule has 0 rings (SSSR count). The SMILES string of the molecule is CCOC(=O)[C@@H](CC(=O)OC)NC(=O)OC(C)(C)C. The summed E-state index contributed by atoms with van der Waals surface area (Å²) in [5.41, 5.74) is -0.700. The van der Waals surface area contributed by atoms with Gasteiger partial charge in [0.1, 0.15) is 11.6 Å². The van der Waals surface area contributed by atoms with Gasteiger partial charge >= 0.3 is 18.0 Å². The molecule has 0 unspecified atom stereocenters. The van der Waals surface area contributed by atoms with Gasteiger partial charge in [-0.15, -0.1) is 0 Å². The first-order valence-corrected chi connectivity index (χ1v) is 5.92. The number of alkyl carbamates (subject to hydrolysis) is 1. The lowest BCUT2D eigenvalue weighted by molar-refractivity contribution is -0.151. The summed E-state index contributed by atoms with van der Waals surface area (Å²) in [7, 11) is 1.19. The molecule has 1 N–H and O–H groups in total. The van der Waals surface area contributed by atoms with Crippen LogP contribution in [0.2, 0.25) is 0 Å². The zero-order valence-electron chi connectivity index (χ0n) is 11.9. The predicted molar refractivity (Wildman–Crippen MR) is 66.4 cm³/mol. The predicted octanol–water partition coefficient (Wildman–Crippen LogP) is 1.01. The maximum atomic E-state index is 11.6. The second-order valence-corrected chi connectivity index (χ2v) is 4.73. The van der Waals surface area contributed by atoms with Crippen LogP contribution in [0.15, 0.2) is 0 Å². The third-order valence-corrected chi connectivity index (χ3v) is 1.86. The van der Waals surface area contributed by atoms with Crippen molar-refractivity contribution < 1.29 is 28.6 Å². The van der Waals surface area contributed by atoms with Crippen molar-refractivity contribution in [3.8, 4) is 0 Å². The Kier molecular flexibility index (Phi) is 6.89. The molecule has 0 aromatic heterocycles. The minimum Gasteiger partial charge on any atom is -0.469 e. The van der Waals surface area contributed by atoms with E-state index in [0.717, 1.165) is 0 Å². The Balaban J connectivity index is 4.61. The van der Waals surface area contributed by atoms with E-state index in [1.807, 2.05) is 0 Å². The molecule has 0 aliphatic rings. The Hall–Kier alpha value is -1.79. The number of hydrogen-bond acceptors (Lipinski definition) is 6. The average Bonchev–Trinajstić information content (AvgIpc) is 2.25. The van der Waals surface area contributed by atoms with Gasteiger partial charge in [0.15, 0.2) is 0 Å². The van der Waals surface area contributed by atoms with Gasteiger partial charge in [0.2, 0.25) is 0 Å². The number of carbonyl (C=O) groups is 3. The molecule has 0 aromatic rings. The van der Waals surface area contributed by atoms with Crippen LogP contribution in [-0.2, 0) is 23.8 Å². The summed E-state index contributed by atoms with van der Waals surface area (Å²) in [6, 6.07) is -1.12. The number of hydrogen-bond donors (Lipinski definition) is 1. The standard InChI is InChI=1S/C12H21NO6/c1-6-18-10(15)8(7-9(14)17-5)13-11(16)19-12(2,3)4/h8H,6-7H2,1-5H3,(H,13,16)/t8-/m1/s1. The van der Waals surface area contributed by atoms with Crippen LogP contribution in [-0.4, -0.2) is 43.4 Å². The van der Waals surface area contributed by atoms with Crippen molar-refractivity contribution in [1.29, 1.82) is 0 Å². The molecule has 0 saturated heterocycles. The molecule has 19 heavy (non-hydrogen) atoms. The number of ether oxygens (including phenoxy) is 3. The molecule has 0 aromatic carbocycles. The monoisotopic (exact) mass is 275 g/mol. The molecule has 7 nitrogen and oxygen atoms in total. The molecule has 0 spiro atoms. The van der Waals surface area contributed by atoms with Crippen molar-refractivity contribution in [3.05, 3.63) is 0 Å².